The lowest BCUT2D eigenvalue weighted by atomic mass is 9.81. The SMILES string of the molecule is O=C(NC1CCN(C(=O)c2cc(NCC3(COC(F)F)CCOCC3)nc(-c3cnn4ccsc34)n2)CC1)C1CC1. The molecule has 5 heterocycles. The molecule has 11 nitrogen and oxygen atoms in total. The summed E-state index contributed by atoms with van der Waals surface area (Å²) in [5.41, 5.74) is 0.370. The van der Waals surface area contributed by atoms with E-state index in [9.17, 15) is 18.4 Å². The molecule has 0 unspecified atom stereocenters. The zero-order chi connectivity index (χ0) is 28.4. The van der Waals surface area contributed by atoms with Crippen molar-refractivity contribution in [1.82, 2.24) is 29.8 Å². The number of hydrogen-bond acceptors (Lipinski definition) is 9. The second-order valence-electron chi connectivity index (χ2n) is 11.1. The molecule has 3 fully saturated rings. The highest BCUT2D eigenvalue weighted by Gasteiger charge is 2.35. The van der Waals surface area contributed by atoms with Crippen LogP contribution in [0.2, 0.25) is 0 Å². The predicted octanol–water partition coefficient (Wildman–Crippen LogP) is 3.43. The zero-order valence-corrected chi connectivity index (χ0v) is 23.4. The fraction of sp³-hybridized carbons (Fsp3) is 0.593. The first-order valence-corrected chi connectivity index (χ1v) is 14.9. The average Bonchev–Trinajstić information content (AvgIpc) is 3.61. The Bertz CT molecular complexity index is 1380. The Morgan fingerprint density at radius 2 is 1.95 bits per heavy atom. The lowest BCUT2D eigenvalue weighted by molar-refractivity contribution is -0.161. The summed E-state index contributed by atoms with van der Waals surface area (Å²) in [5.74, 6) is 0.824. The van der Waals surface area contributed by atoms with Gasteiger partial charge in [0.05, 0.1) is 18.4 Å². The first-order valence-electron chi connectivity index (χ1n) is 14.0. The molecule has 1 saturated carbocycles. The van der Waals surface area contributed by atoms with Crippen molar-refractivity contribution in [2.45, 2.75) is 51.2 Å². The van der Waals surface area contributed by atoms with Gasteiger partial charge < -0.3 is 25.0 Å². The normalized spacial score (nSPS) is 19.5. The second kappa shape index (κ2) is 11.9. The van der Waals surface area contributed by atoms with Crippen molar-refractivity contribution in [2.75, 3.05) is 44.8 Å². The number of thiazole rings is 1. The van der Waals surface area contributed by atoms with Crippen molar-refractivity contribution >= 4 is 33.8 Å². The highest BCUT2D eigenvalue weighted by Crippen LogP contribution is 2.33. The average molecular weight is 590 g/mol. The van der Waals surface area contributed by atoms with E-state index in [4.69, 9.17) is 14.5 Å². The van der Waals surface area contributed by atoms with Crippen molar-refractivity contribution in [2.24, 2.45) is 11.3 Å². The Morgan fingerprint density at radius 1 is 1.17 bits per heavy atom. The zero-order valence-electron chi connectivity index (χ0n) is 22.6. The number of nitrogens with zero attached hydrogens (tertiary/aromatic N) is 5. The molecule has 0 bridgehead atoms. The minimum Gasteiger partial charge on any atom is -0.381 e. The van der Waals surface area contributed by atoms with E-state index in [2.05, 4.69) is 20.7 Å². The van der Waals surface area contributed by atoms with E-state index < -0.39 is 12.0 Å². The van der Waals surface area contributed by atoms with Crippen LogP contribution in [0.4, 0.5) is 14.6 Å². The van der Waals surface area contributed by atoms with Gasteiger partial charge in [0.1, 0.15) is 16.3 Å². The number of fused-ring (bicyclic) bond motifs is 1. The van der Waals surface area contributed by atoms with Crippen LogP contribution in [0.1, 0.15) is 49.0 Å². The third kappa shape index (κ3) is 6.49. The molecule has 3 aromatic heterocycles. The molecule has 3 aliphatic rings. The topological polar surface area (TPSA) is 123 Å². The molecule has 0 radical (unpaired) electrons. The van der Waals surface area contributed by atoms with Crippen LogP contribution in [0.25, 0.3) is 16.2 Å². The van der Waals surface area contributed by atoms with Gasteiger partial charge in [0, 0.05) is 67.9 Å². The highest BCUT2D eigenvalue weighted by molar-refractivity contribution is 7.16. The largest absolute Gasteiger partial charge is 0.381 e. The molecular weight excluding hydrogens is 556 g/mol. The smallest absolute Gasteiger partial charge is 0.345 e. The van der Waals surface area contributed by atoms with Gasteiger partial charge in [-0.15, -0.1) is 11.3 Å². The van der Waals surface area contributed by atoms with Crippen LogP contribution in [-0.4, -0.2) is 88.4 Å². The number of alkyl halides is 2. The van der Waals surface area contributed by atoms with E-state index in [1.807, 2.05) is 11.6 Å². The molecule has 2 saturated heterocycles. The van der Waals surface area contributed by atoms with E-state index in [1.165, 1.54) is 11.3 Å². The monoisotopic (exact) mass is 589 g/mol. The van der Waals surface area contributed by atoms with Gasteiger partial charge in [0.25, 0.3) is 5.91 Å². The van der Waals surface area contributed by atoms with E-state index in [0.29, 0.717) is 75.7 Å². The number of ether oxygens (including phenoxy) is 2. The summed E-state index contributed by atoms with van der Waals surface area (Å²) in [6.07, 6.45) is 7.90. The van der Waals surface area contributed by atoms with Gasteiger partial charge in [0.2, 0.25) is 5.91 Å². The van der Waals surface area contributed by atoms with Gasteiger partial charge in [-0.1, -0.05) is 0 Å². The van der Waals surface area contributed by atoms with Crippen molar-refractivity contribution in [3.8, 4) is 11.4 Å². The standard InChI is InChI=1S/C27H33F2N7O4S/c28-26(29)40-16-27(5-10-39-11-6-27)15-30-21-13-20(33-22(34-21)19-14-31-36-9-12-41-25(19)36)24(38)35-7-3-18(4-8-35)32-23(37)17-1-2-17/h9,12-14,17-18,26H,1-8,10-11,15-16H2,(H,32,37)(H,30,33,34). The first kappa shape index (κ1) is 27.9. The number of carbonyl (C=O) groups is 2. The molecule has 14 heteroatoms. The van der Waals surface area contributed by atoms with Gasteiger partial charge in [0.15, 0.2) is 5.82 Å². The number of aromatic nitrogens is 4. The van der Waals surface area contributed by atoms with E-state index in [0.717, 1.165) is 17.7 Å². The number of carbonyl (C=O) groups excluding carboxylic acids is 2. The van der Waals surface area contributed by atoms with Crippen LogP contribution in [0.5, 0.6) is 0 Å². The Morgan fingerprint density at radius 3 is 2.68 bits per heavy atom. The van der Waals surface area contributed by atoms with Gasteiger partial charge in [-0.2, -0.15) is 13.9 Å². The number of nitrogens with one attached hydrogen (secondary N) is 2. The lowest BCUT2D eigenvalue weighted by Gasteiger charge is -2.37. The summed E-state index contributed by atoms with van der Waals surface area (Å²) in [7, 11) is 0. The Balaban J connectivity index is 1.22. The molecule has 0 spiro atoms. The highest BCUT2D eigenvalue weighted by atomic mass is 32.1. The summed E-state index contributed by atoms with van der Waals surface area (Å²) >= 11 is 1.49. The molecule has 6 rings (SSSR count). The van der Waals surface area contributed by atoms with Crippen LogP contribution in [0.15, 0.2) is 23.8 Å². The van der Waals surface area contributed by atoms with Crippen molar-refractivity contribution in [3.05, 3.63) is 29.5 Å². The quantitative estimate of drug-likeness (QED) is 0.369. The van der Waals surface area contributed by atoms with Crippen LogP contribution >= 0.6 is 11.3 Å². The minimum absolute atomic E-state index is 0.0657. The second-order valence-corrected chi connectivity index (χ2v) is 12.0. The Hall–Kier alpha value is -3.23. The maximum atomic E-state index is 13.7. The molecule has 220 valence electrons. The van der Waals surface area contributed by atoms with Crippen LogP contribution < -0.4 is 10.6 Å². The summed E-state index contributed by atoms with van der Waals surface area (Å²) in [5, 5.41) is 12.7. The molecule has 2 aliphatic heterocycles. The Kier molecular flexibility index (Phi) is 8.13. The molecular formula is C27H33F2N7O4S. The molecule has 2 N–H and O–H groups in total. The van der Waals surface area contributed by atoms with Crippen molar-refractivity contribution in [3.63, 3.8) is 0 Å². The number of hydrogen-bond donors (Lipinski definition) is 2. The number of likely N-dealkylation sites (tertiary alicyclic amines) is 1. The molecule has 0 atom stereocenters. The maximum Gasteiger partial charge on any atom is 0.345 e. The van der Waals surface area contributed by atoms with Gasteiger partial charge in [-0.05, 0) is 38.5 Å². The summed E-state index contributed by atoms with van der Waals surface area (Å²) < 4.78 is 37.7. The lowest BCUT2D eigenvalue weighted by Crippen LogP contribution is -2.47. The molecule has 0 aromatic carbocycles. The molecule has 2 amide bonds. The summed E-state index contributed by atoms with van der Waals surface area (Å²) in [6.45, 7) is -0.724. The number of amides is 2. The molecule has 3 aromatic rings. The van der Waals surface area contributed by atoms with Crippen molar-refractivity contribution < 1.29 is 27.8 Å². The fourth-order valence-electron chi connectivity index (χ4n) is 5.40. The predicted molar refractivity (Wildman–Crippen MR) is 147 cm³/mol. The van der Waals surface area contributed by atoms with Crippen LogP contribution in [0.3, 0.4) is 0 Å². The number of piperidine rings is 1. The number of rotatable bonds is 10. The minimum atomic E-state index is -2.86. The number of halogens is 2. The van der Waals surface area contributed by atoms with Crippen LogP contribution in [0, 0.1) is 11.3 Å². The molecule has 41 heavy (non-hydrogen) atoms. The van der Waals surface area contributed by atoms with Gasteiger partial charge in [-0.25, -0.2) is 14.5 Å². The first-order chi connectivity index (χ1) is 19.9. The van der Waals surface area contributed by atoms with E-state index in [-0.39, 0.29) is 36.1 Å². The third-order valence-corrected chi connectivity index (χ3v) is 9.00. The Labute approximate surface area is 239 Å². The molecule has 1 aliphatic carbocycles. The van der Waals surface area contributed by atoms with Crippen LogP contribution in [-0.2, 0) is 14.3 Å². The summed E-state index contributed by atoms with van der Waals surface area (Å²) in [6, 6.07) is 1.68. The number of anilines is 1. The third-order valence-electron chi connectivity index (χ3n) is 8.11. The van der Waals surface area contributed by atoms with E-state index in [1.54, 1.807) is 21.7 Å². The van der Waals surface area contributed by atoms with E-state index >= 15 is 0 Å². The summed E-state index contributed by atoms with van der Waals surface area (Å²) in [4.78, 5) is 37.8. The van der Waals surface area contributed by atoms with Gasteiger partial charge >= 0.3 is 6.61 Å². The van der Waals surface area contributed by atoms with Gasteiger partial charge in [-0.3, -0.25) is 9.59 Å². The fourth-order valence-corrected chi connectivity index (χ4v) is 6.19. The maximum absolute atomic E-state index is 13.7. The van der Waals surface area contributed by atoms with Crippen molar-refractivity contribution in [1.29, 1.82) is 0 Å².